The first kappa shape index (κ1) is 9.88. The second-order valence-electron chi connectivity index (χ2n) is 0.624. The maximum Gasteiger partial charge on any atom is 0.227 e. The van der Waals surface area contributed by atoms with Crippen molar-refractivity contribution < 1.29 is 4.79 Å². The predicted octanol–water partition coefficient (Wildman–Crippen LogP) is -1.78. The van der Waals surface area contributed by atoms with Crippen molar-refractivity contribution in [2.24, 2.45) is 17.4 Å². The Hall–Kier alpha value is -0.260. The molecule has 0 aliphatic rings. The Bertz CT molecular complexity index is 48.2. The maximum atomic E-state index is 9.51. The first-order valence-electron chi connectivity index (χ1n) is 1.50. The number of carbonyl (C=O) groups excluding carboxylic acids is 1. The molecule has 0 spiro atoms. The van der Waals surface area contributed by atoms with Gasteiger partial charge in [0, 0.05) is 0 Å². The van der Waals surface area contributed by atoms with Gasteiger partial charge in [0.1, 0.15) is 0 Å². The summed E-state index contributed by atoms with van der Waals surface area (Å²) in [6.45, 7) is 0. The lowest BCUT2D eigenvalue weighted by atomic mass is 10.8. The van der Waals surface area contributed by atoms with Crippen molar-refractivity contribution >= 4 is 18.5 Å². The summed E-state index contributed by atoms with van der Waals surface area (Å²) in [5.41, 5.74) is 4.58. The molecule has 1 amide bonds. The van der Waals surface area contributed by atoms with E-state index in [2.05, 4.69) is 30.0 Å². The number of primary amides is 1. The van der Waals surface area contributed by atoms with Gasteiger partial charge in [-0.1, -0.05) is 0 Å². The van der Waals surface area contributed by atoms with Crippen LogP contribution in [-0.2, 0) is 4.79 Å². The molecule has 6 N–H and O–H groups in total. The van der Waals surface area contributed by atoms with E-state index >= 15 is 0 Å². The van der Waals surface area contributed by atoms with E-state index < -0.39 is 0 Å². The molecular formula is C2H9N3OS. The standard InChI is InChI=1S/C2H5NOS.H4N2/c3-2(4)1-5;1-2/h5H,1H2,(H2,3,4);1-2H2. The number of hydrogen-bond acceptors (Lipinski definition) is 4. The molecule has 0 bridgehead atoms. The van der Waals surface area contributed by atoms with Crippen LogP contribution in [0.15, 0.2) is 0 Å². The molecule has 0 aliphatic carbocycles. The van der Waals surface area contributed by atoms with Crippen LogP contribution in [0, 0.1) is 0 Å². The third kappa shape index (κ3) is 26.5. The van der Waals surface area contributed by atoms with Gasteiger partial charge in [0.25, 0.3) is 0 Å². The van der Waals surface area contributed by atoms with Crippen LogP contribution in [0.5, 0.6) is 0 Å². The molecule has 0 heterocycles. The van der Waals surface area contributed by atoms with Crippen molar-refractivity contribution in [1.82, 2.24) is 0 Å². The summed E-state index contributed by atoms with van der Waals surface area (Å²) in [4.78, 5) is 9.51. The minimum atomic E-state index is -0.381. The summed E-state index contributed by atoms with van der Waals surface area (Å²) in [5, 5.41) is 0. The van der Waals surface area contributed by atoms with Gasteiger partial charge >= 0.3 is 0 Å². The number of amides is 1. The van der Waals surface area contributed by atoms with Crippen LogP contribution in [0.4, 0.5) is 0 Å². The molecular weight excluding hydrogens is 114 g/mol. The summed E-state index contributed by atoms with van der Waals surface area (Å²) in [5.74, 6) is 7.76. The van der Waals surface area contributed by atoms with E-state index in [4.69, 9.17) is 0 Å². The van der Waals surface area contributed by atoms with Crippen LogP contribution in [-0.4, -0.2) is 11.7 Å². The third-order valence-electron chi connectivity index (χ3n) is 0.156. The Morgan fingerprint density at radius 1 is 1.57 bits per heavy atom. The average molecular weight is 123 g/mol. The van der Waals surface area contributed by atoms with Crippen molar-refractivity contribution in [3.8, 4) is 0 Å². The fourth-order valence-corrected chi connectivity index (χ4v) is 0. The molecule has 0 fully saturated rings. The first-order valence-corrected chi connectivity index (χ1v) is 2.13. The van der Waals surface area contributed by atoms with Gasteiger partial charge < -0.3 is 5.73 Å². The molecule has 5 heteroatoms. The SMILES string of the molecule is NC(=O)CS.NN. The minimum absolute atomic E-state index is 0.139. The first-order chi connectivity index (χ1) is 3.27. The smallest absolute Gasteiger partial charge is 0.227 e. The van der Waals surface area contributed by atoms with Gasteiger partial charge in [0.15, 0.2) is 0 Å². The molecule has 44 valence electrons. The molecule has 0 unspecified atom stereocenters. The second kappa shape index (κ2) is 9.22. The maximum absolute atomic E-state index is 9.51. The number of hydrazine groups is 1. The molecule has 4 nitrogen and oxygen atoms in total. The number of rotatable bonds is 1. The Morgan fingerprint density at radius 3 is 1.71 bits per heavy atom. The number of carbonyl (C=O) groups is 1. The van der Waals surface area contributed by atoms with E-state index in [1.807, 2.05) is 0 Å². The van der Waals surface area contributed by atoms with Crippen LogP contribution in [0.3, 0.4) is 0 Å². The van der Waals surface area contributed by atoms with E-state index in [1.54, 1.807) is 0 Å². The van der Waals surface area contributed by atoms with Crippen LogP contribution in [0.1, 0.15) is 0 Å². The molecule has 7 heavy (non-hydrogen) atoms. The summed E-state index contributed by atoms with van der Waals surface area (Å²) in [6, 6.07) is 0. The van der Waals surface area contributed by atoms with Crippen LogP contribution >= 0.6 is 12.6 Å². The summed E-state index contributed by atoms with van der Waals surface area (Å²) in [6.07, 6.45) is 0. The lowest BCUT2D eigenvalue weighted by molar-refractivity contribution is -0.115. The number of nitrogens with two attached hydrogens (primary N) is 3. The quantitative estimate of drug-likeness (QED) is 0.188. The normalized spacial score (nSPS) is 6.14. The highest BCUT2D eigenvalue weighted by Crippen LogP contribution is 1.63. The highest BCUT2D eigenvalue weighted by Gasteiger charge is 1.78. The zero-order chi connectivity index (χ0) is 6.28. The summed E-state index contributed by atoms with van der Waals surface area (Å²) < 4.78 is 0. The van der Waals surface area contributed by atoms with Gasteiger partial charge in [-0.3, -0.25) is 16.5 Å². The van der Waals surface area contributed by atoms with Crippen molar-refractivity contribution in [1.29, 1.82) is 0 Å². The zero-order valence-electron chi connectivity index (χ0n) is 3.79. The second-order valence-corrected chi connectivity index (χ2v) is 0.941. The summed E-state index contributed by atoms with van der Waals surface area (Å²) in [7, 11) is 0. The minimum Gasteiger partial charge on any atom is -0.369 e. The van der Waals surface area contributed by atoms with Crippen LogP contribution in [0.25, 0.3) is 0 Å². The van der Waals surface area contributed by atoms with E-state index in [-0.39, 0.29) is 11.7 Å². The lowest BCUT2D eigenvalue weighted by Crippen LogP contribution is -2.10. The highest BCUT2D eigenvalue weighted by molar-refractivity contribution is 7.81. The number of thiol groups is 1. The Balaban J connectivity index is 0. The van der Waals surface area contributed by atoms with Crippen molar-refractivity contribution in [3.63, 3.8) is 0 Å². The van der Waals surface area contributed by atoms with Crippen molar-refractivity contribution in [3.05, 3.63) is 0 Å². The van der Waals surface area contributed by atoms with Crippen molar-refractivity contribution in [2.75, 3.05) is 5.75 Å². The van der Waals surface area contributed by atoms with Gasteiger partial charge in [-0.05, 0) is 0 Å². The van der Waals surface area contributed by atoms with Gasteiger partial charge in [0.05, 0.1) is 5.75 Å². The Kier molecular flexibility index (Phi) is 13.0. The molecule has 0 rings (SSSR count). The topological polar surface area (TPSA) is 95.1 Å². The van der Waals surface area contributed by atoms with Crippen LogP contribution in [0.2, 0.25) is 0 Å². The molecule has 0 aromatic heterocycles. The van der Waals surface area contributed by atoms with Crippen molar-refractivity contribution in [2.45, 2.75) is 0 Å². The molecule has 0 aromatic carbocycles. The number of hydrogen-bond donors (Lipinski definition) is 4. The van der Waals surface area contributed by atoms with Gasteiger partial charge in [0.2, 0.25) is 5.91 Å². The molecule has 0 radical (unpaired) electrons. The van der Waals surface area contributed by atoms with Gasteiger partial charge in [-0.15, -0.1) is 0 Å². The fraction of sp³-hybridized carbons (Fsp3) is 0.500. The average Bonchev–Trinajstić information content (AvgIpc) is 1.73. The summed E-state index contributed by atoms with van der Waals surface area (Å²) >= 11 is 3.54. The lowest BCUT2D eigenvalue weighted by Gasteiger charge is -1.72. The van der Waals surface area contributed by atoms with Crippen LogP contribution < -0.4 is 17.4 Å². The molecule has 0 saturated heterocycles. The monoisotopic (exact) mass is 123 g/mol. The zero-order valence-corrected chi connectivity index (χ0v) is 4.69. The van der Waals surface area contributed by atoms with E-state index in [0.29, 0.717) is 0 Å². The van der Waals surface area contributed by atoms with E-state index in [1.165, 1.54) is 0 Å². The van der Waals surface area contributed by atoms with E-state index in [9.17, 15) is 4.79 Å². The molecule has 0 aliphatic heterocycles. The van der Waals surface area contributed by atoms with E-state index in [0.717, 1.165) is 0 Å². The largest absolute Gasteiger partial charge is 0.369 e. The molecule has 0 aromatic rings. The predicted molar refractivity (Wildman–Crippen MR) is 31.4 cm³/mol. The molecule has 0 saturated carbocycles. The Labute approximate surface area is 47.4 Å². The molecule has 0 atom stereocenters. The highest BCUT2D eigenvalue weighted by atomic mass is 32.1. The fourth-order valence-electron chi connectivity index (χ4n) is 0. The Morgan fingerprint density at radius 2 is 1.71 bits per heavy atom. The third-order valence-corrected chi connectivity index (χ3v) is 0.468. The van der Waals surface area contributed by atoms with Gasteiger partial charge in [-0.25, -0.2) is 0 Å². The van der Waals surface area contributed by atoms with Gasteiger partial charge in [-0.2, -0.15) is 12.6 Å².